The quantitative estimate of drug-likeness (QED) is 0.827. The maximum absolute atomic E-state index is 10.1. The molecule has 2 fully saturated rings. The molecule has 140 valence electrons. The van der Waals surface area contributed by atoms with E-state index in [4.69, 9.17) is 29.4 Å². The Labute approximate surface area is 155 Å². The fourth-order valence-corrected chi connectivity index (χ4v) is 4.49. The van der Waals surface area contributed by atoms with Gasteiger partial charge >= 0.3 is 0 Å². The molecule has 0 bridgehead atoms. The average Bonchev–Trinajstić information content (AvgIpc) is 2.95. The molecular formula is C18H18N4O5. The number of nitriles is 2. The zero-order chi connectivity index (χ0) is 19.4. The summed E-state index contributed by atoms with van der Waals surface area (Å²) in [6.45, 7) is 0.535. The first-order valence-electron chi connectivity index (χ1n) is 8.28. The number of ether oxygens (including phenoxy) is 5. The predicted octanol–water partition coefficient (Wildman–Crippen LogP) is 0.901. The van der Waals surface area contributed by atoms with Crippen LogP contribution in [0.2, 0.25) is 0 Å². The first kappa shape index (κ1) is 17.4. The summed E-state index contributed by atoms with van der Waals surface area (Å²) in [6.07, 6.45) is 0. The van der Waals surface area contributed by atoms with E-state index in [-0.39, 0.29) is 19.0 Å². The number of rotatable bonds is 4. The molecular weight excluding hydrogens is 352 g/mol. The zero-order valence-electron chi connectivity index (χ0n) is 15.1. The SMILES string of the molecule is COc1cc([C@@H]2[C@]3(C#N)C(N)=NC4(OCCO4)[C@@]23C#N)cc(OC)c1OC. The van der Waals surface area contributed by atoms with E-state index in [0.717, 1.165) is 0 Å². The summed E-state index contributed by atoms with van der Waals surface area (Å²) >= 11 is 0. The van der Waals surface area contributed by atoms with Gasteiger partial charge in [-0.25, -0.2) is 4.99 Å². The Balaban J connectivity index is 1.93. The lowest BCUT2D eigenvalue weighted by atomic mass is 9.94. The maximum atomic E-state index is 10.1. The van der Waals surface area contributed by atoms with E-state index in [1.54, 1.807) is 12.1 Å². The molecule has 4 rings (SSSR count). The predicted molar refractivity (Wildman–Crippen MR) is 91.2 cm³/mol. The summed E-state index contributed by atoms with van der Waals surface area (Å²) in [5.41, 5.74) is 4.02. The van der Waals surface area contributed by atoms with Gasteiger partial charge in [0.15, 0.2) is 16.9 Å². The number of aliphatic imine (C=N–C) groups is 1. The number of nitrogens with zero attached hydrogens (tertiary/aromatic N) is 3. The van der Waals surface area contributed by atoms with E-state index in [1.165, 1.54) is 21.3 Å². The minimum Gasteiger partial charge on any atom is -0.493 e. The minimum absolute atomic E-state index is 0.0344. The highest BCUT2D eigenvalue weighted by Crippen LogP contribution is 2.82. The van der Waals surface area contributed by atoms with Gasteiger partial charge in [-0.05, 0) is 17.7 Å². The van der Waals surface area contributed by atoms with Crippen LogP contribution in [0.25, 0.3) is 0 Å². The summed E-state index contributed by atoms with van der Waals surface area (Å²) in [4.78, 5) is 4.25. The number of nitrogens with two attached hydrogens (primary N) is 1. The van der Waals surface area contributed by atoms with Gasteiger partial charge in [-0.15, -0.1) is 0 Å². The van der Waals surface area contributed by atoms with Crippen LogP contribution >= 0.6 is 0 Å². The molecule has 0 aromatic heterocycles. The van der Waals surface area contributed by atoms with Crippen molar-refractivity contribution in [2.24, 2.45) is 21.6 Å². The van der Waals surface area contributed by atoms with Gasteiger partial charge in [0.1, 0.15) is 11.3 Å². The first-order valence-corrected chi connectivity index (χ1v) is 8.28. The van der Waals surface area contributed by atoms with Gasteiger partial charge in [0.05, 0.1) is 46.7 Å². The Hall–Kier alpha value is -3.01. The highest BCUT2D eigenvalue weighted by molar-refractivity contribution is 6.00. The van der Waals surface area contributed by atoms with E-state index in [1.807, 2.05) is 0 Å². The molecule has 1 aromatic carbocycles. The Kier molecular flexibility index (Phi) is 3.54. The van der Waals surface area contributed by atoms with Crippen LogP contribution < -0.4 is 19.9 Å². The highest BCUT2D eigenvalue weighted by Gasteiger charge is 2.94. The topological polar surface area (TPSA) is 132 Å². The number of fused-ring (bicyclic) bond motifs is 2. The fraction of sp³-hybridized carbons (Fsp3) is 0.500. The molecule has 1 aromatic rings. The summed E-state index contributed by atoms with van der Waals surface area (Å²) in [5, 5.41) is 20.1. The molecule has 3 aliphatic rings. The molecule has 1 aliphatic carbocycles. The molecule has 9 heteroatoms. The van der Waals surface area contributed by atoms with Gasteiger partial charge < -0.3 is 29.4 Å². The second kappa shape index (κ2) is 5.49. The molecule has 0 radical (unpaired) electrons. The van der Waals surface area contributed by atoms with Gasteiger partial charge in [-0.2, -0.15) is 10.5 Å². The van der Waals surface area contributed by atoms with Crippen molar-refractivity contribution >= 4 is 5.84 Å². The van der Waals surface area contributed by atoms with E-state index in [0.29, 0.717) is 22.8 Å². The monoisotopic (exact) mass is 370 g/mol. The van der Waals surface area contributed by atoms with E-state index in [2.05, 4.69) is 17.1 Å². The third-order valence-corrected chi connectivity index (χ3v) is 5.63. The lowest BCUT2D eigenvalue weighted by molar-refractivity contribution is -0.184. The van der Waals surface area contributed by atoms with Crippen molar-refractivity contribution < 1.29 is 23.7 Å². The lowest BCUT2D eigenvalue weighted by Crippen LogP contribution is -2.38. The van der Waals surface area contributed by atoms with Gasteiger partial charge in [0.2, 0.25) is 5.75 Å². The Bertz CT molecular complexity index is 902. The molecule has 1 saturated heterocycles. The average molecular weight is 370 g/mol. The molecule has 0 amide bonds. The van der Waals surface area contributed by atoms with Crippen molar-refractivity contribution in [3.63, 3.8) is 0 Å². The third kappa shape index (κ3) is 1.71. The van der Waals surface area contributed by atoms with Crippen molar-refractivity contribution in [2.45, 2.75) is 11.8 Å². The van der Waals surface area contributed by atoms with E-state index < -0.39 is 22.7 Å². The van der Waals surface area contributed by atoms with E-state index >= 15 is 0 Å². The van der Waals surface area contributed by atoms with Crippen molar-refractivity contribution in [1.29, 1.82) is 10.5 Å². The second-order valence-corrected chi connectivity index (χ2v) is 6.51. The van der Waals surface area contributed by atoms with Crippen molar-refractivity contribution in [3.05, 3.63) is 17.7 Å². The number of methoxy groups -OCH3 is 3. The van der Waals surface area contributed by atoms with Crippen LogP contribution in [0.4, 0.5) is 0 Å². The lowest BCUT2D eigenvalue weighted by Gasteiger charge is -2.26. The number of amidine groups is 1. The smallest absolute Gasteiger partial charge is 0.293 e. The van der Waals surface area contributed by atoms with Crippen LogP contribution in [-0.4, -0.2) is 46.3 Å². The van der Waals surface area contributed by atoms with Crippen LogP contribution in [0.1, 0.15) is 11.5 Å². The van der Waals surface area contributed by atoms with Gasteiger partial charge in [0.25, 0.3) is 5.91 Å². The minimum atomic E-state index is -1.58. The first-order chi connectivity index (χ1) is 13.0. The molecule has 9 nitrogen and oxygen atoms in total. The largest absolute Gasteiger partial charge is 0.493 e. The molecule has 2 N–H and O–H groups in total. The highest BCUT2D eigenvalue weighted by atomic mass is 16.8. The summed E-state index contributed by atoms with van der Waals surface area (Å²) < 4.78 is 27.6. The van der Waals surface area contributed by atoms with Gasteiger partial charge in [-0.3, -0.25) is 0 Å². The van der Waals surface area contributed by atoms with Crippen LogP contribution in [0.5, 0.6) is 17.2 Å². The Morgan fingerprint density at radius 2 is 1.67 bits per heavy atom. The molecule has 1 spiro atoms. The molecule has 3 atom stereocenters. The summed E-state index contributed by atoms with van der Waals surface area (Å²) in [7, 11) is 4.49. The summed E-state index contributed by atoms with van der Waals surface area (Å²) in [6, 6.07) is 7.86. The van der Waals surface area contributed by atoms with Crippen LogP contribution in [0, 0.1) is 33.5 Å². The van der Waals surface area contributed by atoms with E-state index in [9.17, 15) is 10.5 Å². The zero-order valence-corrected chi connectivity index (χ0v) is 15.1. The number of hydrogen-bond acceptors (Lipinski definition) is 9. The summed E-state index contributed by atoms with van der Waals surface area (Å²) in [5.74, 6) is -0.924. The molecule has 1 saturated carbocycles. The van der Waals surface area contributed by atoms with Gasteiger partial charge in [-0.1, -0.05) is 0 Å². The Morgan fingerprint density at radius 3 is 2.11 bits per heavy atom. The fourth-order valence-electron chi connectivity index (χ4n) is 4.49. The normalized spacial score (nSPS) is 32.2. The van der Waals surface area contributed by atoms with Crippen LogP contribution in [0.15, 0.2) is 17.1 Å². The van der Waals surface area contributed by atoms with Crippen molar-refractivity contribution in [2.75, 3.05) is 34.5 Å². The van der Waals surface area contributed by atoms with Crippen LogP contribution in [0.3, 0.4) is 0 Å². The molecule has 0 unspecified atom stereocenters. The maximum Gasteiger partial charge on any atom is 0.293 e. The standard InChI is InChI=1S/C18H18N4O5/c1-23-11-6-10(7-12(24-2)13(11)25-3)14-16(8-19)15(21)22-18(17(14,16)9-20)26-4-5-27-18/h6-7,14H,4-5H2,1-3H3,(H2,21,22)/t14-,16-,17+/m1/s1. The van der Waals surface area contributed by atoms with Crippen LogP contribution in [-0.2, 0) is 9.47 Å². The third-order valence-electron chi connectivity index (χ3n) is 5.63. The Morgan fingerprint density at radius 1 is 1.07 bits per heavy atom. The molecule has 27 heavy (non-hydrogen) atoms. The second-order valence-electron chi connectivity index (χ2n) is 6.51. The van der Waals surface area contributed by atoms with Crippen molar-refractivity contribution in [1.82, 2.24) is 0 Å². The molecule has 2 aliphatic heterocycles. The number of benzene rings is 1. The molecule has 2 heterocycles. The van der Waals surface area contributed by atoms with Gasteiger partial charge in [0, 0.05) is 5.92 Å². The van der Waals surface area contributed by atoms with Crippen molar-refractivity contribution in [3.8, 4) is 29.4 Å². The number of hydrogen-bond donors (Lipinski definition) is 1.